The molecule has 2 amide bonds. The van der Waals surface area contributed by atoms with Gasteiger partial charge in [-0.1, -0.05) is 19.8 Å². The lowest BCUT2D eigenvalue weighted by atomic mass is 9.78. The van der Waals surface area contributed by atoms with Crippen molar-refractivity contribution in [1.29, 1.82) is 0 Å². The van der Waals surface area contributed by atoms with Crippen molar-refractivity contribution in [3.63, 3.8) is 0 Å². The van der Waals surface area contributed by atoms with Gasteiger partial charge in [-0.15, -0.1) is 0 Å². The van der Waals surface area contributed by atoms with Gasteiger partial charge in [0.25, 0.3) is 0 Å². The summed E-state index contributed by atoms with van der Waals surface area (Å²) in [6, 6.07) is 0. The van der Waals surface area contributed by atoms with E-state index in [-0.39, 0.29) is 23.7 Å². The van der Waals surface area contributed by atoms with E-state index >= 15 is 0 Å². The van der Waals surface area contributed by atoms with Crippen LogP contribution in [-0.2, 0) is 9.59 Å². The van der Waals surface area contributed by atoms with E-state index in [9.17, 15) is 9.59 Å². The summed E-state index contributed by atoms with van der Waals surface area (Å²) in [4.78, 5) is 23.6. The molecule has 0 aliphatic heterocycles. The smallest absolute Gasteiger partial charge is 0.223 e. The lowest BCUT2D eigenvalue weighted by Crippen LogP contribution is -2.43. The molecule has 2 unspecified atom stereocenters. The van der Waals surface area contributed by atoms with Crippen LogP contribution in [0, 0.1) is 11.8 Å². The van der Waals surface area contributed by atoms with Crippen LogP contribution in [0.3, 0.4) is 0 Å². The predicted octanol–water partition coefficient (Wildman–Crippen LogP) is 1.06. The van der Waals surface area contributed by atoms with E-state index in [0.29, 0.717) is 6.54 Å². The molecule has 0 aromatic carbocycles. The standard InChI is InChI=1S/C12H22N2O2/c1-3-8-14-12(16)10-7-5-4-6-9(10)11(15)13-2/h9-10H,3-8H2,1-2H3,(H,13,15)(H,14,16). The molecule has 1 aliphatic rings. The first kappa shape index (κ1) is 13.0. The summed E-state index contributed by atoms with van der Waals surface area (Å²) in [6.45, 7) is 2.73. The molecule has 1 fully saturated rings. The van der Waals surface area contributed by atoms with Crippen LogP contribution in [0.5, 0.6) is 0 Å². The van der Waals surface area contributed by atoms with Gasteiger partial charge in [0.1, 0.15) is 0 Å². The third kappa shape index (κ3) is 3.22. The van der Waals surface area contributed by atoms with E-state index in [2.05, 4.69) is 10.6 Å². The number of carbonyl (C=O) groups is 2. The van der Waals surface area contributed by atoms with Crippen molar-refractivity contribution in [3.05, 3.63) is 0 Å². The highest BCUT2D eigenvalue weighted by Crippen LogP contribution is 2.30. The van der Waals surface area contributed by atoms with E-state index in [1.807, 2.05) is 6.92 Å². The van der Waals surface area contributed by atoms with Gasteiger partial charge in [-0.05, 0) is 19.3 Å². The minimum atomic E-state index is -0.129. The maximum atomic E-state index is 11.9. The second kappa shape index (κ2) is 6.51. The Morgan fingerprint density at radius 3 is 2.19 bits per heavy atom. The summed E-state index contributed by atoms with van der Waals surface area (Å²) in [6.07, 6.45) is 4.72. The molecule has 1 rings (SSSR count). The topological polar surface area (TPSA) is 58.2 Å². The monoisotopic (exact) mass is 226 g/mol. The second-order valence-corrected chi connectivity index (χ2v) is 4.40. The summed E-state index contributed by atoms with van der Waals surface area (Å²) in [7, 11) is 1.64. The summed E-state index contributed by atoms with van der Waals surface area (Å²) in [5, 5.41) is 5.55. The first-order valence-corrected chi connectivity index (χ1v) is 6.20. The maximum Gasteiger partial charge on any atom is 0.223 e. The molecule has 92 valence electrons. The average molecular weight is 226 g/mol. The second-order valence-electron chi connectivity index (χ2n) is 4.40. The van der Waals surface area contributed by atoms with Crippen molar-refractivity contribution in [2.24, 2.45) is 11.8 Å². The Kier molecular flexibility index (Phi) is 5.29. The van der Waals surface area contributed by atoms with Gasteiger partial charge in [-0.3, -0.25) is 9.59 Å². The zero-order valence-corrected chi connectivity index (χ0v) is 10.2. The zero-order chi connectivity index (χ0) is 12.0. The number of hydrogen-bond donors (Lipinski definition) is 2. The quantitative estimate of drug-likeness (QED) is 0.753. The largest absolute Gasteiger partial charge is 0.359 e. The molecule has 2 atom stereocenters. The molecule has 4 nitrogen and oxygen atoms in total. The Balaban J connectivity index is 2.59. The molecule has 0 radical (unpaired) electrons. The molecule has 2 N–H and O–H groups in total. The average Bonchev–Trinajstić information content (AvgIpc) is 2.35. The number of amides is 2. The molecule has 0 aromatic heterocycles. The normalized spacial score (nSPS) is 24.9. The summed E-state index contributed by atoms with van der Waals surface area (Å²) in [5.74, 6) is -0.192. The lowest BCUT2D eigenvalue weighted by molar-refractivity contribution is -0.136. The molecule has 0 saturated heterocycles. The Labute approximate surface area is 97.2 Å². The van der Waals surface area contributed by atoms with E-state index in [1.54, 1.807) is 7.05 Å². The molecule has 4 heteroatoms. The van der Waals surface area contributed by atoms with Crippen LogP contribution in [0.1, 0.15) is 39.0 Å². The van der Waals surface area contributed by atoms with Crippen molar-refractivity contribution >= 4 is 11.8 Å². The van der Waals surface area contributed by atoms with Crippen LogP contribution in [-0.4, -0.2) is 25.4 Å². The fourth-order valence-electron chi connectivity index (χ4n) is 2.32. The number of rotatable bonds is 4. The van der Waals surface area contributed by atoms with Gasteiger partial charge < -0.3 is 10.6 Å². The van der Waals surface area contributed by atoms with Crippen molar-refractivity contribution in [2.45, 2.75) is 39.0 Å². The van der Waals surface area contributed by atoms with Gasteiger partial charge in [0.2, 0.25) is 11.8 Å². The highest BCUT2D eigenvalue weighted by molar-refractivity contribution is 5.87. The van der Waals surface area contributed by atoms with Crippen LogP contribution in [0.2, 0.25) is 0 Å². The van der Waals surface area contributed by atoms with Crippen LogP contribution in [0.15, 0.2) is 0 Å². The Bertz CT molecular complexity index is 253. The van der Waals surface area contributed by atoms with Crippen LogP contribution in [0.4, 0.5) is 0 Å². The molecule has 0 spiro atoms. The van der Waals surface area contributed by atoms with E-state index in [4.69, 9.17) is 0 Å². The first-order valence-electron chi connectivity index (χ1n) is 6.20. The minimum absolute atomic E-state index is 0.0105. The number of nitrogens with one attached hydrogen (secondary N) is 2. The lowest BCUT2D eigenvalue weighted by Gasteiger charge is -2.29. The Morgan fingerprint density at radius 2 is 1.69 bits per heavy atom. The Morgan fingerprint density at radius 1 is 1.12 bits per heavy atom. The molecule has 0 bridgehead atoms. The van der Waals surface area contributed by atoms with E-state index in [1.165, 1.54) is 0 Å². The minimum Gasteiger partial charge on any atom is -0.359 e. The van der Waals surface area contributed by atoms with Gasteiger partial charge in [-0.2, -0.15) is 0 Å². The van der Waals surface area contributed by atoms with Gasteiger partial charge >= 0.3 is 0 Å². The van der Waals surface area contributed by atoms with Crippen LogP contribution >= 0.6 is 0 Å². The van der Waals surface area contributed by atoms with Crippen molar-refractivity contribution in [3.8, 4) is 0 Å². The fraction of sp³-hybridized carbons (Fsp3) is 0.833. The third-order valence-electron chi connectivity index (χ3n) is 3.24. The predicted molar refractivity (Wildman–Crippen MR) is 62.8 cm³/mol. The van der Waals surface area contributed by atoms with Crippen molar-refractivity contribution in [2.75, 3.05) is 13.6 Å². The molecule has 1 saturated carbocycles. The highest BCUT2D eigenvalue weighted by Gasteiger charge is 2.34. The Hall–Kier alpha value is -1.06. The SMILES string of the molecule is CCCNC(=O)C1CCCCC1C(=O)NC. The van der Waals surface area contributed by atoms with E-state index < -0.39 is 0 Å². The molecule has 16 heavy (non-hydrogen) atoms. The number of hydrogen-bond acceptors (Lipinski definition) is 2. The van der Waals surface area contributed by atoms with Crippen LogP contribution < -0.4 is 10.6 Å². The number of carbonyl (C=O) groups excluding carboxylic acids is 2. The summed E-state index contributed by atoms with van der Waals surface area (Å²) >= 11 is 0. The fourth-order valence-corrected chi connectivity index (χ4v) is 2.32. The van der Waals surface area contributed by atoms with Gasteiger partial charge in [-0.25, -0.2) is 0 Å². The van der Waals surface area contributed by atoms with Gasteiger partial charge in [0, 0.05) is 25.4 Å². The summed E-state index contributed by atoms with van der Waals surface area (Å²) < 4.78 is 0. The molecule has 0 aromatic rings. The third-order valence-corrected chi connectivity index (χ3v) is 3.24. The molecule has 1 aliphatic carbocycles. The maximum absolute atomic E-state index is 11.9. The zero-order valence-electron chi connectivity index (χ0n) is 10.2. The molecule has 0 heterocycles. The molecular formula is C12H22N2O2. The van der Waals surface area contributed by atoms with E-state index in [0.717, 1.165) is 32.1 Å². The highest BCUT2D eigenvalue weighted by atomic mass is 16.2. The van der Waals surface area contributed by atoms with Gasteiger partial charge in [0.05, 0.1) is 0 Å². The van der Waals surface area contributed by atoms with Crippen molar-refractivity contribution < 1.29 is 9.59 Å². The summed E-state index contributed by atoms with van der Waals surface area (Å²) in [5.41, 5.74) is 0. The van der Waals surface area contributed by atoms with Crippen LogP contribution in [0.25, 0.3) is 0 Å². The first-order chi connectivity index (χ1) is 7.70. The van der Waals surface area contributed by atoms with Crippen molar-refractivity contribution in [1.82, 2.24) is 10.6 Å². The molecular weight excluding hydrogens is 204 g/mol. The van der Waals surface area contributed by atoms with Gasteiger partial charge in [0.15, 0.2) is 0 Å².